The molecular formula is H6N2O9Zr. The van der Waals surface area contributed by atoms with E-state index in [4.69, 9.17) is 33.5 Å². The summed E-state index contributed by atoms with van der Waals surface area (Å²) in [6.45, 7) is 0. The number of nitrogens with zero attached hydrogens (tertiary/aromatic N) is 2. The van der Waals surface area contributed by atoms with Crippen LogP contribution < -0.4 is 0 Å². The van der Waals surface area contributed by atoms with Crippen molar-refractivity contribution in [3.05, 3.63) is 20.2 Å². The fourth-order valence-electron chi connectivity index (χ4n) is 0. The first kappa shape index (κ1) is 30.6. The van der Waals surface area contributed by atoms with Crippen molar-refractivity contribution in [3.8, 4) is 0 Å². The molecule has 0 atom stereocenters. The third-order valence-electron chi connectivity index (χ3n) is 0. The van der Waals surface area contributed by atoms with E-state index >= 15 is 0 Å². The summed E-state index contributed by atoms with van der Waals surface area (Å²) in [6, 6.07) is 0. The molecule has 0 spiro atoms. The Bertz CT molecular complexity index is 80.7. The van der Waals surface area contributed by atoms with E-state index in [1.165, 1.54) is 0 Å². The molecule has 0 aliphatic heterocycles. The van der Waals surface area contributed by atoms with Crippen molar-refractivity contribution in [1.29, 1.82) is 0 Å². The van der Waals surface area contributed by atoms with Gasteiger partial charge in [-0.3, -0.25) is 0 Å². The molecule has 0 fully saturated rings. The molecule has 0 radical (unpaired) electrons. The van der Waals surface area contributed by atoms with Crippen molar-refractivity contribution in [2.24, 2.45) is 0 Å². The fourth-order valence-corrected chi connectivity index (χ4v) is 0. The third kappa shape index (κ3) is 580. The average molecular weight is 269 g/mol. The second-order valence-corrected chi connectivity index (χ2v) is 0.476. The molecular weight excluding hydrogens is 263 g/mol. The molecule has 0 heterocycles. The second-order valence-electron chi connectivity index (χ2n) is 0.476. The molecule has 12 heteroatoms. The van der Waals surface area contributed by atoms with Crippen LogP contribution in [0.3, 0.4) is 0 Å². The van der Waals surface area contributed by atoms with Crippen LogP contribution in [0.15, 0.2) is 0 Å². The van der Waals surface area contributed by atoms with E-state index in [9.17, 15) is 0 Å². The SMILES string of the molecule is O.O.O=[N+]([O-])O.O=[N+]([O-])O.[O]=[Zr]. The summed E-state index contributed by atoms with van der Waals surface area (Å²) in [7, 11) is 0. The van der Waals surface area contributed by atoms with Gasteiger partial charge in [-0.25, -0.2) is 0 Å². The molecule has 0 aliphatic carbocycles. The zero-order valence-electron chi connectivity index (χ0n) is 5.33. The Morgan fingerprint density at radius 3 is 0.917 bits per heavy atom. The average Bonchev–Trinajstić information content (AvgIpc) is 1.66. The summed E-state index contributed by atoms with van der Waals surface area (Å²) in [5.41, 5.74) is 0. The summed E-state index contributed by atoms with van der Waals surface area (Å²) >= 11 is 0.300. The van der Waals surface area contributed by atoms with E-state index in [1.54, 1.807) is 0 Å². The minimum atomic E-state index is -1.50. The second kappa shape index (κ2) is 32.4. The number of rotatable bonds is 0. The van der Waals surface area contributed by atoms with Crippen LogP contribution in [0.1, 0.15) is 0 Å². The Balaban J connectivity index is -0.0000000198. The molecule has 0 aromatic rings. The van der Waals surface area contributed by atoms with Crippen LogP contribution in [0.25, 0.3) is 0 Å². The normalized spacial score (nSPS) is 4.25. The van der Waals surface area contributed by atoms with Crippen LogP contribution in [0, 0.1) is 20.2 Å². The van der Waals surface area contributed by atoms with Crippen LogP contribution >= 0.6 is 0 Å². The van der Waals surface area contributed by atoms with Gasteiger partial charge in [0.1, 0.15) is 0 Å². The first-order chi connectivity index (χ1) is 4.46. The maximum absolute atomic E-state index is 8.36. The molecule has 6 N–H and O–H groups in total. The van der Waals surface area contributed by atoms with E-state index in [0.29, 0.717) is 24.7 Å². The first-order valence-corrected chi connectivity index (χ1v) is 2.34. The van der Waals surface area contributed by atoms with Gasteiger partial charge in [0.15, 0.2) is 0 Å². The van der Waals surface area contributed by atoms with Gasteiger partial charge in [0.25, 0.3) is 10.2 Å². The van der Waals surface area contributed by atoms with Crippen molar-refractivity contribution >= 4 is 0 Å². The van der Waals surface area contributed by atoms with Crippen molar-refractivity contribution in [2.75, 3.05) is 0 Å². The summed E-state index contributed by atoms with van der Waals surface area (Å²) in [5.74, 6) is 0. The molecule has 0 saturated carbocycles. The molecule has 0 bridgehead atoms. The van der Waals surface area contributed by atoms with Gasteiger partial charge < -0.3 is 21.4 Å². The molecule has 0 aromatic carbocycles. The fraction of sp³-hybridized carbons (Fsp3) is 0. The Labute approximate surface area is 79.7 Å². The molecule has 0 rings (SSSR count). The van der Waals surface area contributed by atoms with Gasteiger partial charge in [-0.15, -0.1) is 20.2 Å². The maximum atomic E-state index is 8.36. The van der Waals surface area contributed by atoms with Crippen molar-refractivity contribution in [2.45, 2.75) is 0 Å². The molecule has 11 nitrogen and oxygen atoms in total. The third-order valence-corrected chi connectivity index (χ3v) is 0. The zero-order chi connectivity index (χ0) is 9.15. The Kier molecular flexibility index (Phi) is 82.5. The van der Waals surface area contributed by atoms with E-state index in [1.807, 2.05) is 0 Å². The topological polar surface area (TPSA) is 207 Å². The molecule has 0 amide bonds. The zero-order valence-corrected chi connectivity index (χ0v) is 7.79. The van der Waals surface area contributed by atoms with E-state index in [-0.39, 0.29) is 11.0 Å². The van der Waals surface area contributed by atoms with E-state index < -0.39 is 10.2 Å². The van der Waals surface area contributed by atoms with Crippen LogP contribution in [0.2, 0.25) is 0 Å². The first-order valence-electron chi connectivity index (χ1n) is 1.33. The summed E-state index contributed by atoms with van der Waals surface area (Å²) in [4.78, 5) is 16.7. The molecule has 0 saturated heterocycles. The number of hydrogen-bond donors (Lipinski definition) is 2. The Hall–Kier alpha value is -0.997. The summed E-state index contributed by atoms with van der Waals surface area (Å²) in [6.07, 6.45) is 0. The van der Waals surface area contributed by atoms with Crippen molar-refractivity contribution in [1.82, 2.24) is 0 Å². The van der Waals surface area contributed by atoms with Gasteiger partial charge in [-0.1, -0.05) is 0 Å². The van der Waals surface area contributed by atoms with Gasteiger partial charge in [0, 0.05) is 0 Å². The van der Waals surface area contributed by atoms with Gasteiger partial charge in [-0.05, 0) is 0 Å². The van der Waals surface area contributed by atoms with Gasteiger partial charge >= 0.3 is 27.5 Å². The monoisotopic (exact) mass is 268 g/mol. The van der Waals surface area contributed by atoms with Crippen molar-refractivity contribution < 1.29 is 59.1 Å². The molecule has 12 heavy (non-hydrogen) atoms. The summed E-state index contributed by atoms with van der Waals surface area (Å²) < 4.78 is 8.34. The van der Waals surface area contributed by atoms with E-state index in [2.05, 4.69) is 0 Å². The predicted octanol–water partition coefficient (Wildman–Crippen LogP) is -2.47. The Morgan fingerprint density at radius 2 is 0.917 bits per heavy atom. The van der Waals surface area contributed by atoms with Gasteiger partial charge in [0.05, 0.1) is 0 Å². The minimum absolute atomic E-state index is 0. The molecule has 0 aliphatic rings. The van der Waals surface area contributed by atoms with Crippen LogP contribution in [-0.2, 0) is 27.5 Å². The number of hydrogen-bond acceptors (Lipinski definition) is 5. The predicted molar refractivity (Wildman–Crippen MR) is 25.5 cm³/mol. The van der Waals surface area contributed by atoms with Crippen molar-refractivity contribution in [3.63, 3.8) is 0 Å². The van der Waals surface area contributed by atoms with Crippen LogP contribution in [0.5, 0.6) is 0 Å². The Morgan fingerprint density at radius 1 is 0.917 bits per heavy atom. The quantitative estimate of drug-likeness (QED) is 0.357. The summed E-state index contributed by atoms with van der Waals surface area (Å²) in [5, 5.41) is 27.3. The molecule has 74 valence electrons. The van der Waals surface area contributed by atoms with Gasteiger partial charge in [-0.2, -0.15) is 0 Å². The van der Waals surface area contributed by atoms with E-state index in [0.717, 1.165) is 0 Å². The van der Waals surface area contributed by atoms with Gasteiger partial charge in [0.2, 0.25) is 0 Å². The standard InChI is InChI=1S/2HNO3.2H2O.O.Zr/c2*2-1(3)4;;;;/h2*(H,2,3,4);2*1H2;;. The van der Waals surface area contributed by atoms with Crippen LogP contribution in [-0.4, -0.2) is 31.5 Å². The van der Waals surface area contributed by atoms with Crippen LogP contribution in [0.4, 0.5) is 0 Å². The molecule has 0 unspecified atom stereocenters. The molecule has 0 aromatic heterocycles.